The van der Waals surface area contributed by atoms with Gasteiger partial charge in [-0.15, -0.1) is 0 Å². The molecule has 3 rings (SSSR count). The number of hydrogen-bond donors (Lipinski definition) is 2. The van der Waals surface area contributed by atoms with Crippen LogP contribution in [0.15, 0.2) is 42.5 Å². The number of phenols is 1. The monoisotopic (exact) mass is 311 g/mol. The Bertz CT molecular complexity index is 851. The van der Waals surface area contributed by atoms with Gasteiger partial charge in [-0.25, -0.2) is 14.4 Å². The number of phenolic OH excluding ortho intramolecular Hbond substituents is 1. The standard InChI is InChI=1S/C18H18FN3O/c1-3-11(2)20-18-14-10-12(19)8-9-15(14)21-17(22-18)13-6-4-5-7-16(13)23/h4-11,23H,3H2,1-2H3,(H,20,21,22)/t11-/m0/s1. The smallest absolute Gasteiger partial charge is 0.165 e. The minimum atomic E-state index is -0.330. The highest BCUT2D eigenvalue weighted by Crippen LogP contribution is 2.30. The first kappa shape index (κ1) is 15.2. The number of fused-ring (bicyclic) bond motifs is 1. The second-order valence-corrected chi connectivity index (χ2v) is 5.53. The first-order valence-electron chi connectivity index (χ1n) is 7.60. The minimum Gasteiger partial charge on any atom is -0.507 e. The number of anilines is 1. The van der Waals surface area contributed by atoms with Gasteiger partial charge in [-0.1, -0.05) is 19.1 Å². The summed E-state index contributed by atoms with van der Waals surface area (Å²) in [4.78, 5) is 8.98. The van der Waals surface area contributed by atoms with E-state index in [9.17, 15) is 9.50 Å². The van der Waals surface area contributed by atoms with Crippen LogP contribution >= 0.6 is 0 Å². The van der Waals surface area contributed by atoms with E-state index in [1.165, 1.54) is 12.1 Å². The lowest BCUT2D eigenvalue weighted by Gasteiger charge is -2.15. The molecule has 118 valence electrons. The number of para-hydroxylation sites is 1. The molecule has 0 fully saturated rings. The topological polar surface area (TPSA) is 58.0 Å². The van der Waals surface area contributed by atoms with E-state index in [0.717, 1.165) is 6.42 Å². The molecule has 23 heavy (non-hydrogen) atoms. The van der Waals surface area contributed by atoms with Gasteiger partial charge in [-0.2, -0.15) is 0 Å². The predicted molar refractivity (Wildman–Crippen MR) is 90.0 cm³/mol. The second kappa shape index (κ2) is 6.20. The fourth-order valence-electron chi connectivity index (χ4n) is 2.33. The van der Waals surface area contributed by atoms with Crippen molar-refractivity contribution in [1.82, 2.24) is 9.97 Å². The van der Waals surface area contributed by atoms with Crippen molar-refractivity contribution in [1.29, 1.82) is 0 Å². The van der Waals surface area contributed by atoms with Gasteiger partial charge >= 0.3 is 0 Å². The molecule has 0 bridgehead atoms. The van der Waals surface area contributed by atoms with E-state index in [0.29, 0.717) is 28.1 Å². The molecule has 2 N–H and O–H groups in total. The number of nitrogens with one attached hydrogen (secondary N) is 1. The van der Waals surface area contributed by atoms with Crippen LogP contribution in [0.1, 0.15) is 20.3 Å². The van der Waals surface area contributed by atoms with Gasteiger partial charge in [-0.3, -0.25) is 0 Å². The Morgan fingerprint density at radius 3 is 2.70 bits per heavy atom. The quantitative estimate of drug-likeness (QED) is 0.752. The average molecular weight is 311 g/mol. The summed E-state index contributed by atoms with van der Waals surface area (Å²) in [5.41, 5.74) is 1.18. The van der Waals surface area contributed by atoms with Crippen molar-refractivity contribution in [3.05, 3.63) is 48.3 Å². The molecule has 1 heterocycles. The van der Waals surface area contributed by atoms with Crippen molar-refractivity contribution >= 4 is 16.7 Å². The Hall–Kier alpha value is -2.69. The lowest BCUT2D eigenvalue weighted by atomic mass is 10.1. The van der Waals surface area contributed by atoms with E-state index in [1.54, 1.807) is 24.3 Å². The molecule has 0 spiro atoms. The Morgan fingerprint density at radius 2 is 1.96 bits per heavy atom. The zero-order valence-electron chi connectivity index (χ0n) is 13.0. The highest BCUT2D eigenvalue weighted by Gasteiger charge is 2.13. The molecule has 0 unspecified atom stereocenters. The predicted octanol–water partition coefficient (Wildman–Crippen LogP) is 4.35. The first-order valence-corrected chi connectivity index (χ1v) is 7.60. The summed E-state index contributed by atoms with van der Waals surface area (Å²) in [6.45, 7) is 4.10. The van der Waals surface area contributed by atoms with Crippen molar-refractivity contribution < 1.29 is 9.50 Å². The molecule has 4 nitrogen and oxygen atoms in total. The third-order valence-corrected chi connectivity index (χ3v) is 3.80. The third-order valence-electron chi connectivity index (χ3n) is 3.80. The van der Waals surface area contributed by atoms with E-state index >= 15 is 0 Å². The van der Waals surface area contributed by atoms with Crippen LogP contribution in [-0.2, 0) is 0 Å². The molecule has 1 aromatic heterocycles. The van der Waals surface area contributed by atoms with Gasteiger partial charge in [0.25, 0.3) is 0 Å². The molecule has 0 saturated carbocycles. The summed E-state index contributed by atoms with van der Waals surface area (Å²) in [6.07, 6.45) is 0.909. The van der Waals surface area contributed by atoms with E-state index in [1.807, 2.05) is 13.0 Å². The van der Waals surface area contributed by atoms with Crippen LogP contribution in [0.3, 0.4) is 0 Å². The number of hydrogen-bond acceptors (Lipinski definition) is 4. The van der Waals surface area contributed by atoms with E-state index in [4.69, 9.17) is 0 Å². The van der Waals surface area contributed by atoms with Crippen LogP contribution < -0.4 is 5.32 Å². The van der Waals surface area contributed by atoms with Gasteiger partial charge in [-0.05, 0) is 43.7 Å². The van der Waals surface area contributed by atoms with Crippen molar-refractivity contribution in [3.63, 3.8) is 0 Å². The molecule has 0 aliphatic rings. The van der Waals surface area contributed by atoms with Crippen molar-refractivity contribution in [2.75, 3.05) is 5.32 Å². The van der Waals surface area contributed by atoms with Crippen LogP contribution in [0.25, 0.3) is 22.3 Å². The Balaban J connectivity index is 2.21. The number of rotatable bonds is 4. The number of nitrogens with zero attached hydrogens (tertiary/aromatic N) is 2. The van der Waals surface area contributed by atoms with E-state index in [2.05, 4.69) is 22.2 Å². The molecule has 0 aliphatic heterocycles. The zero-order chi connectivity index (χ0) is 16.4. The molecule has 0 amide bonds. The number of aromatic nitrogens is 2. The Labute approximate surface area is 134 Å². The maximum atomic E-state index is 13.6. The molecule has 0 aliphatic carbocycles. The normalized spacial score (nSPS) is 12.3. The highest BCUT2D eigenvalue weighted by atomic mass is 19.1. The number of halogens is 1. The second-order valence-electron chi connectivity index (χ2n) is 5.53. The van der Waals surface area contributed by atoms with Crippen molar-refractivity contribution in [3.8, 4) is 17.1 Å². The maximum absolute atomic E-state index is 13.6. The van der Waals surface area contributed by atoms with Gasteiger partial charge in [0.15, 0.2) is 5.82 Å². The largest absolute Gasteiger partial charge is 0.507 e. The van der Waals surface area contributed by atoms with E-state index < -0.39 is 0 Å². The van der Waals surface area contributed by atoms with Crippen LogP contribution in [-0.4, -0.2) is 21.1 Å². The maximum Gasteiger partial charge on any atom is 0.165 e. The van der Waals surface area contributed by atoms with Crippen LogP contribution in [0.4, 0.5) is 10.2 Å². The van der Waals surface area contributed by atoms with Crippen LogP contribution in [0, 0.1) is 5.82 Å². The minimum absolute atomic E-state index is 0.114. The third kappa shape index (κ3) is 3.08. The molecular formula is C18H18FN3O. The summed E-state index contributed by atoms with van der Waals surface area (Å²) in [7, 11) is 0. The molecule has 3 aromatic rings. The zero-order valence-corrected chi connectivity index (χ0v) is 13.0. The van der Waals surface area contributed by atoms with Crippen LogP contribution in [0.2, 0.25) is 0 Å². The van der Waals surface area contributed by atoms with Crippen molar-refractivity contribution in [2.24, 2.45) is 0 Å². The molecule has 0 radical (unpaired) electrons. The molecule has 0 saturated heterocycles. The Morgan fingerprint density at radius 1 is 1.17 bits per heavy atom. The summed E-state index contributed by atoms with van der Waals surface area (Å²) in [5, 5.41) is 14.0. The fourth-order valence-corrected chi connectivity index (χ4v) is 2.33. The first-order chi connectivity index (χ1) is 11.1. The summed E-state index contributed by atoms with van der Waals surface area (Å²) >= 11 is 0. The van der Waals surface area contributed by atoms with Crippen LogP contribution in [0.5, 0.6) is 5.75 Å². The summed E-state index contributed by atoms with van der Waals surface area (Å²) in [5.74, 6) is 0.766. The lowest BCUT2D eigenvalue weighted by molar-refractivity contribution is 0.477. The van der Waals surface area contributed by atoms with Gasteiger partial charge in [0, 0.05) is 11.4 Å². The van der Waals surface area contributed by atoms with Crippen molar-refractivity contribution in [2.45, 2.75) is 26.3 Å². The van der Waals surface area contributed by atoms with Gasteiger partial charge < -0.3 is 10.4 Å². The van der Waals surface area contributed by atoms with Gasteiger partial charge in [0.05, 0.1) is 11.1 Å². The molecule has 1 atom stereocenters. The fraction of sp³-hybridized carbons (Fsp3) is 0.222. The Kier molecular flexibility index (Phi) is 4.10. The molecular weight excluding hydrogens is 293 g/mol. The molecule has 5 heteroatoms. The molecule has 2 aromatic carbocycles. The SMILES string of the molecule is CC[C@H](C)Nc1nc(-c2ccccc2O)nc2ccc(F)cc12. The summed E-state index contributed by atoms with van der Waals surface area (Å²) < 4.78 is 13.6. The average Bonchev–Trinajstić information content (AvgIpc) is 2.55. The number of benzene rings is 2. The lowest BCUT2D eigenvalue weighted by Crippen LogP contribution is -2.15. The number of aromatic hydroxyl groups is 1. The van der Waals surface area contributed by atoms with Gasteiger partial charge in [0.2, 0.25) is 0 Å². The summed E-state index contributed by atoms with van der Waals surface area (Å²) in [6, 6.07) is 11.5. The van der Waals surface area contributed by atoms with E-state index in [-0.39, 0.29) is 17.6 Å². The van der Waals surface area contributed by atoms with Gasteiger partial charge in [0.1, 0.15) is 17.4 Å². The highest BCUT2D eigenvalue weighted by molar-refractivity contribution is 5.91.